The molecular formula is C12H15N3O3. The highest BCUT2D eigenvalue weighted by atomic mass is 16.6. The minimum absolute atomic E-state index is 0.0178. The van der Waals surface area contributed by atoms with E-state index in [-0.39, 0.29) is 5.69 Å². The van der Waals surface area contributed by atoms with Crippen LogP contribution in [0.2, 0.25) is 0 Å². The predicted octanol–water partition coefficient (Wildman–Crippen LogP) is 3.19. The maximum absolute atomic E-state index is 10.6. The molecule has 0 fully saturated rings. The topological polar surface area (TPSA) is 81.2 Å². The maximum atomic E-state index is 10.6. The molecule has 1 aromatic carbocycles. The highest BCUT2D eigenvalue weighted by Gasteiger charge is 2.11. The Morgan fingerprint density at radius 1 is 1.56 bits per heavy atom. The second kappa shape index (κ2) is 5.03. The molecule has 6 heteroatoms. The lowest BCUT2D eigenvalue weighted by molar-refractivity contribution is -0.384. The molecule has 0 radical (unpaired) electrons. The van der Waals surface area contributed by atoms with Crippen LogP contribution in [0.5, 0.6) is 0 Å². The Kier molecular flexibility index (Phi) is 3.45. The third-order valence-corrected chi connectivity index (χ3v) is 2.88. The number of nitro groups is 1. The van der Waals surface area contributed by atoms with Gasteiger partial charge in [0.05, 0.1) is 4.92 Å². The number of hydrogen-bond acceptors (Lipinski definition) is 5. The van der Waals surface area contributed by atoms with E-state index in [0.717, 1.165) is 13.0 Å². The average Bonchev–Trinajstić information content (AvgIpc) is 2.77. The summed E-state index contributed by atoms with van der Waals surface area (Å²) >= 11 is 0. The number of nitrogens with one attached hydrogen (secondary N) is 1. The zero-order valence-corrected chi connectivity index (χ0v) is 10.3. The van der Waals surface area contributed by atoms with Gasteiger partial charge in [0.1, 0.15) is 5.52 Å². The van der Waals surface area contributed by atoms with Gasteiger partial charge in [0.15, 0.2) is 5.58 Å². The van der Waals surface area contributed by atoms with E-state index in [1.165, 1.54) is 12.1 Å². The summed E-state index contributed by atoms with van der Waals surface area (Å²) in [5.41, 5.74) is 1.06. The molecule has 0 aliphatic heterocycles. The van der Waals surface area contributed by atoms with Crippen molar-refractivity contribution in [1.82, 2.24) is 4.98 Å². The van der Waals surface area contributed by atoms with Crippen molar-refractivity contribution in [3.05, 3.63) is 28.3 Å². The standard InChI is InChI=1S/C12H15N3O3/c1-3-8(2)7-13-12-14-10-6-9(15(16)17)4-5-11(10)18-12/h4-6,8H,3,7H2,1-2H3,(H,13,14). The summed E-state index contributed by atoms with van der Waals surface area (Å²) in [5, 5.41) is 13.7. The molecule has 0 amide bonds. The largest absolute Gasteiger partial charge is 0.424 e. The fourth-order valence-corrected chi connectivity index (χ4v) is 1.51. The molecular weight excluding hydrogens is 234 g/mol. The van der Waals surface area contributed by atoms with Gasteiger partial charge in [-0.2, -0.15) is 4.98 Å². The van der Waals surface area contributed by atoms with Crippen LogP contribution in [0.3, 0.4) is 0 Å². The number of non-ortho nitro benzene ring substituents is 1. The van der Waals surface area contributed by atoms with Crippen molar-refractivity contribution in [3.63, 3.8) is 0 Å². The van der Waals surface area contributed by atoms with Crippen LogP contribution in [0, 0.1) is 16.0 Å². The Balaban J connectivity index is 2.19. The zero-order valence-electron chi connectivity index (χ0n) is 10.3. The Hall–Kier alpha value is -2.11. The van der Waals surface area contributed by atoms with Gasteiger partial charge < -0.3 is 9.73 Å². The molecule has 0 aliphatic carbocycles. The molecule has 0 spiro atoms. The lowest BCUT2D eigenvalue weighted by atomic mass is 10.1. The van der Waals surface area contributed by atoms with Gasteiger partial charge in [-0.15, -0.1) is 0 Å². The van der Waals surface area contributed by atoms with Gasteiger partial charge in [-0.25, -0.2) is 0 Å². The first-order chi connectivity index (χ1) is 8.60. The highest BCUT2D eigenvalue weighted by Crippen LogP contribution is 2.23. The highest BCUT2D eigenvalue weighted by molar-refractivity contribution is 5.77. The Bertz CT molecular complexity index is 565. The van der Waals surface area contributed by atoms with E-state index in [2.05, 4.69) is 24.1 Å². The quantitative estimate of drug-likeness (QED) is 0.650. The number of nitro benzene ring substituents is 1. The van der Waals surface area contributed by atoms with Crippen molar-refractivity contribution in [3.8, 4) is 0 Å². The second-order valence-corrected chi connectivity index (χ2v) is 4.32. The number of fused-ring (bicyclic) bond motifs is 1. The minimum Gasteiger partial charge on any atom is -0.424 e. The van der Waals surface area contributed by atoms with E-state index >= 15 is 0 Å². The fourth-order valence-electron chi connectivity index (χ4n) is 1.51. The van der Waals surface area contributed by atoms with Crippen LogP contribution >= 0.6 is 0 Å². The number of aromatic nitrogens is 1. The van der Waals surface area contributed by atoms with Crippen molar-refractivity contribution < 1.29 is 9.34 Å². The lowest BCUT2D eigenvalue weighted by Crippen LogP contribution is -2.10. The van der Waals surface area contributed by atoms with Crippen LogP contribution in [-0.2, 0) is 0 Å². The number of hydrogen-bond donors (Lipinski definition) is 1. The summed E-state index contributed by atoms with van der Waals surface area (Å²) < 4.78 is 5.45. The molecule has 1 heterocycles. The van der Waals surface area contributed by atoms with Gasteiger partial charge in [-0.1, -0.05) is 20.3 Å². The summed E-state index contributed by atoms with van der Waals surface area (Å²) in [7, 11) is 0. The van der Waals surface area contributed by atoms with E-state index in [1.54, 1.807) is 6.07 Å². The fraction of sp³-hybridized carbons (Fsp3) is 0.417. The molecule has 1 N–H and O–H groups in total. The Labute approximate surface area is 104 Å². The molecule has 18 heavy (non-hydrogen) atoms. The molecule has 2 aromatic rings. The molecule has 0 saturated carbocycles. The van der Waals surface area contributed by atoms with Gasteiger partial charge in [0.25, 0.3) is 11.7 Å². The first-order valence-corrected chi connectivity index (χ1v) is 5.89. The van der Waals surface area contributed by atoms with Crippen LogP contribution in [-0.4, -0.2) is 16.5 Å². The molecule has 1 aromatic heterocycles. The molecule has 0 bridgehead atoms. The van der Waals surface area contributed by atoms with Crippen LogP contribution in [0.1, 0.15) is 20.3 Å². The van der Waals surface area contributed by atoms with E-state index in [0.29, 0.717) is 23.0 Å². The summed E-state index contributed by atoms with van der Waals surface area (Å²) in [6.45, 7) is 5.01. The summed E-state index contributed by atoms with van der Waals surface area (Å²) in [6, 6.07) is 4.79. The van der Waals surface area contributed by atoms with E-state index < -0.39 is 4.92 Å². The Morgan fingerprint density at radius 3 is 3.00 bits per heavy atom. The van der Waals surface area contributed by atoms with Crippen LogP contribution < -0.4 is 5.32 Å². The van der Waals surface area contributed by atoms with Crippen molar-refractivity contribution >= 4 is 22.8 Å². The molecule has 0 saturated heterocycles. The third kappa shape index (κ3) is 2.58. The van der Waals surface area contributed by atoms with Crippen molar-refractivity contribution in [2.45, 2.75) is 20.3 Å². The summed E-state index contributed by atoms with van der Waals surface area (Å²) in [5.74, 6) is 0.523. The van der Waals surface area contributed by atoms with Crippen molar-refractivity contribution in [1.29, 1.82) is 0 Å². The van der Waals surface area contributed by atoms with E-state index in [4.69, 9.17) is 4.42 Å². The third-order valence-electron chi connectivity index (χ3n) is 2.88. The number of oxazole rings is 1. The average molecular weight is 249 g/mol. The molecule has 1 atom stereocenters. The first-order valence-electron chi connectivity index (χ1n) is 5.89. The number of benzene rings is 1. The van der Waals surface area contributed by atoms with Gasteiger partial charge in [0.2, 0.25) is 0 Å². The lowest BCUT2D eigenvalue weighted by Gasteiger charge is -2.07. The van der Waals surface area contributed by atoms with E-state index in [9.17, 15) is 10.1 Å². The normalized spacial score (nSPS) is 12.6. The molecule has 1 unspecified atom stereocenters. The molecule has 96 valence electrons. The number of rotatable bonds is 5. The van der Waals surface area contributed by atoms with Crippen LogP contribution in [0.25, 0.3) is 11.1 Å². The van der Waals surface area contributed by atoms with Crippen molar-refractivity contribution in [2.75, 3.05) is 11.9 Å². The van der Waals surface area contributed by atoms with Gasteiger partial charge in [-0.05, 0) is 12.0 Å². The first kappa shape index (κ1) is 12.3. The molecule has 0 aliphatic rings. The van der Waals surface area contributed by atoms with Gasteiger partial charge in [-0.3, -0.25) is 10.1 Å². The van der Waals surface area contributed by atoms with Gasteiger partial charge in [0, 0.05) is 18.7 Å². The number of anilines is 1. The smallest absolute Gasteiger partial charge is 0.295 e. The number of nitrogens with zero attached hydrogens (tertiary/aromatic N) is 2. The monoisotopic (exact) mass is 249 g/mol. The second-order valence-electron chi connectivity index (χ2n) is 4.32. The van der Waals surface area contributed by atoms with Crippen molar-refractivity contribution in [2.24, 2.45) is 5.92 Å². The molecule has 6 nitrogen and oxygen atoms in total. The van der Waals surface area contributed by atoms with Crippen LogP contribution in [0.4, 0.5) is 11.7 Å². The summed E-state index contributed by atoms with van der Waals surface area (Å²) in [4.78, 5) is 14.4. The Morgan fingerprint density at radius 2 is 2.33 bits per heavy atom. The minimum atomic E-state index is -0.444. The van der Waals surface area contributed by atoms with E-state index in [1.807, 2.05) is 0 Å². The SMILES string of the molecule is CCC(C)CNc1nc2cc([N+](=O)[O-])ccc2o1. The summed E-state index contributed by atoms with van der Waals surface area (Å²) in [6.07, 6.45) is 1.07. The van der Waals surface area contributed by atoms with Gasteiger partial charge >= 0.3 is 0 Å². The molecule has 2 rings (SSSR count). The zero-order chi connectivity index (χ0) is 13.1. The maximum Gasteiger partial charge on any atom is 0.295 e. The predicted molar refractivity (Wildman–Crippen MR) is 68.6 cm³/mol. The van der Waals surface area contributed by atoms with Crippen LogP contribution in [0.15, 0.2) is 22.6 Å².